The van der Waals surface area contributed by atoms with E-state index in [1.54, 1.807) is 18.2 Å². The van der Waals surface area contributed by atoms with Crippen molar-refractivity contribution in [2.75, 3.05) is 5.73 Å². The number of rotatable bonds is 4. The maximum absolute atomic E-state index is 12.1. The van der Waals surface area contributed by atoms with E-state index in [0.717, 1.165) is 5.56 Å². The zero-order valence-corrected chi connectivity index (χ0v) is 11.6. The number of anilines is 1. The Labute approximate surface area is 103 Å². The number of nitrogens with one attached hydrogen (secondary N) is 1. The Morgan fingerprint density at radius 1 is 1.35 bits per heavy atom. The number of hydrogen-bond donors (Lipinski definition) is 2. The molecule has 5 heteroatoms. The summed E-state index contributed by atoms with van der Waals surface area (Å²) in [6.45, 7) is 7.49. The molecule has 3 N–H and O–H groups in total. The normalized spacial score (nSPS) is 12.7. The van der Waals surface area contributed by atoms with Crippen LogP contribution in [0.1, 0.15) is 32.8 Å². The summed E-state index contributed by atoms with van der Waals surface area (Å²) < 4.78 is 26.9. The summed E-state index contributed by atoms with van der Waals surface area (Å²) >= 11 is 0. The van der Waals surface area contributed by atoms with Gasteiger partial charge in [0.2, 0.25) is 10.0 Å². The minimum atomic E-state index is -3.55. The first-order valence-electron chi connectivity index (χ1n) is 5.58. The summed E-state index contributed by atoms with van der Waals surface area (Å²) in [6.07, 6.45) is 0.706. The van der Waals surface area contributed by atoms with Gasteiger partial charge in [-0.3, -0.25) is 0 Å². The molecule has 17 heavy (non-hydrogen) atoms. The zero-order chi connectivity index (χ0) is 13.3. The summed E-state index contributed by atoms with van der Waals surface area (Å²) in [7, 11) is -3.55. The molecule has 0 saturated carbocycles. The Morgan fingerprint density at radius 2 is 1.94 bits per heavy atom. The van der Waals surface area contributed by atoms with E-state index in [1.807, 2.05) is 27.7 Å². The summed E-state index contributed by atoms with van der Waals surface area (Å²) in [4.78, 5) is 0.143. The number of nitrogens with two attached hydrogens (primary N) is 1. The van der Waals surface area contributed by atoms with Crippen LogP contribution in [0.15, 0.2) is 23.1 Å². The van der Waals surface area contributed by atoms with Crippen molar-refractivity contribution >= 4 is 15.7 Å². The molecule has 1 rings (SSSR count). The van der Waals surface area contributed by atoms with Gasteiger partial charge in [-0.05, 0) is 44.9 Å². The molecule has 0 heterocycles. The van der Waals surface area contributed by atoms with Crippen LogP contribution in [0.3, 0.4) is 0 Å². The van der Waals surface area contributed by atoms with Crippen LogP contribution in [0.4, 0.5) is 5.69 Å². The largest absolute Gasteiger partial charge is 0.398 e. The number of nitrogen functional groups attached to an aromatic ring is 1. The van der Waals surface area contributed by atoms with E-state index in [4.69, 9.17) is 5.73 Å². The van der Waals surface area contributed by atoms with Gasteiger partial charge in [-0.25, -0.2) is 13.1 Å². The first-order valence-corrected chi connectivity index (χ1v) is 7.06. The van der Waals surface area contributed by atoms with Crippen molar-refractivity contribution in [3.63, 3.8) is 0 Å². The number of sulfonamides is 1. The Hall–Kier alpha value is -1.07. The predicted molar refractivity (Wildman–Crippen MR) is 70.3 cm³/mol. The third-order valence-corrected chi connectivity index (χ3v) is 4.52. The van der Waals surface area contributed by atoms with Crippen LogP contribution in [-0.4, -0.2) is 14.0 Å². The van der Waals surface area contributed by atoms with Gasteiger partial charge in [0.1, 0.15) is 4.90 Å². The molecule has 0 aliphatic rings. The average molecular weight is 256 g/mol. The highest BCUT2D eigenvalue weighted by molar-refractivity contribution is 7.89. The van der Waals surface area contributed by atoms with Crippen molar-refractivity contribution in [1.82, 2.24) is 4.72 Å². The molecule has 0 fully saturated rings. The molecule has 1 aromatic rings. The van der Waals surface area contributed by atoms with Gasteiger partial charge in [0, 0.05) is 5.54 Å². The summed E-state index contributed by atoms with van der Waals surface area (Å²) in [6, 6.07) is 4.94. The smallest absolute Gasteiger partial charge is 0.243 e. The standard InChI is InChI=1S/C12H20N2O2S/c1-5-12(3,4)14-17(15,16)11-7-6-9(2)8-10(11)13/h6-8,14H,5,13H2,1-4H3. The van der Waals surface area contributed by atoms with Gasteiger partial charge in [-0.15, -0.1) is 0 Å². The van der Waals surface area contributed by atoms with E-state index in [-0.39, 0.29) is 10.6 Å². The molecule has 0 spiro atoms. The van der Waals surface area contributed by atoms with E-state index < -0.39 is 15.6 Å². The Morgan fingerprint density at radius 3 is 2.41 bits per heavy atom. The molecule has 0 saturated heterocycles. The van der Waals surface area contributed by atoms with Crippen molar-refractivity contribution in [1.29, 1.82) is 0 Å². The van der Waals surface area contributed by atoms with Crippen LogP contribution in [0, 0.1) is 6.92 Å². The lowest BCUT2D eigenvalue weighted by Crippen LogP contribution is -2.42. The van der Waals surface area contributed by atoms with Crippen LogP contribution >= 0.6 is 0 Å². The second kappa shape index (κ2) is 4.66. The molecule has 0 amide bonds. The van der Waals surface area contributed by atoms with E-state index >= 15 is 0 Å². The molecular weight excluding hydrogens is 236 g/mol. The molecule has 0 unspecified atom stereocenters. The van der Waals surface area contributed by atoms with E-state index in [0.29, 0.717) is 6.42 Å². The predicted octanol–water partition coefficient (Wildman–Crippen LogP) is 2.04. The van der Waals surface area contributed by atoms with Gasteiger partial charge in [-0.2, -0.15) is 0 Å². The SMILES string of the molecule is CCC(C)(C)NS(=O)(=O)c1ccc(C)cc1N. The van der Waals surface area contributed by atoms with E-state index in [2.05, 4.69) is 4.72 Å². The fraction of sp³-hybridized carbons (Fsp3) is 0.500. The summed E-state index contributed by atoms with van der Waals surface area (Å²) in [5.74, 6) is 0. The highest BCUT2D eigenvalue weighted by Crippen LogP contribution is 2.21. The summed E-state index contributed by atoms with van der Waals surface area (Å²) in [5, 5.41) is 0. The van der Waals surface area contributed by atoms with Crippen LogP contribution in [0.2, 0.25) is 0 Å². The minimum absolute atomic E-state index is 0.143. The zero-order valence-electron chi connectivity index (χ0n) is 10.7. The van der Waals surface area contributed by atoms with Gasteiger partial charge >= 0.3 is 0 Å². The topological polar surface area (TPSA) is 72.2 Å². The van der Waals surface area contributed by atoms with Gasteiger partial charge in [0.05, 0.1) is 5.69 Å². The molecular formula is C12H20N2O2S. The highest BCUT2D eigenvalue weighted by atomic mass is 32.2. The lowest BCUT2D eigenvalue weighted by Gasteiger charge is -2.24. The lowest BCUT2D eigenvalue weighted by molar-refractivity contribution is 0.439. The number of aryl methyl sites for hydroxylation is 1. The van der Waals surface area contributed by atoms with Crippen molar-refractivity contribution in [2.45, 2.75) is 44.6 Å². The third kappa shape index (κ3) is 3.44. The number of benzene rings is 1. The quantitative estimate of drug-likeness (QED) is 0.810. The molecule has 0 atom stereocenters. The molecule has 0 radical (unpaired) electrons. The van der Waals surface area contributed by atoms with Crippen LogP contribution in [0.5, 0.6) is 0 Å². The third-order valence-electron chi connectivity index (χ3n) is 2.75. The molecule has 0 aliphatic carbocycles. The molecule has 0 aliphatic heterocycles. The monoisotopic (exact) mass is 256 g/mol. The highest BCUT2D eigenvalue weighted by Gasteiger charge is 2.25. The second-order valence-electron chi connectivity index (χ2n) is 4.88. The minimum Gasteiger partial charge on any atom is -0.398 e. The Kier molecular flexibility index (Phi) is 3.84. The first-order chi connectivity index (χ1) is 7.68. The molecule has 4 nitrogen and oxygen atoms in total. The lowest BCUT2D eigenvalue weighted by atomic mass is 10.0. The maximum atomic E-state index is 12.1. The fourth-order valence-corrected chi connectivity index (χ4v) is 3.00. The van der Waals surface area contributed by atoms with Gasteiger partial charge in [0.15, 0.2) is 0 Å². The fourth-order valence-electron chi connectivity index (χ4n) is 1.40. The van der Waals surface area contributed by atoms with Gasteiger partial charge in [-0.1, -0.05) is 13.0 Å². The molecule has 0 aromatic heterocycles. The first kappa shape index (κ1) is 14.0. The van der Waals surface area contributed by atoms with Crippen molar-refractivity contribution < 1.29 is 8.42 Å². The van der Waals surface area contributed by atoms with Gasteiger partial charge < -0.3 is 5.73 Å². The Bertz CT molecular complexity index is 507. The van der Waals surface area contributed by atoms with Crippen molar-refractivity contribution in [2.24, 2.45) is 0 Å². The summed E-state index contributed by atoms with van der Waals surface area (Å²) in [5.41, 5.74) is 6.50. The number of hydrogen-bond acceptors (Lipinski definition) is 3. The van der Waals surface area contributed by atoms with Crippen molar-refractivity contribution in [3.05, 3.63) is 23.8 Å². The molecule has 96 valence electrons. The van der Waals surface area contributed by atoms with E-state index in [1.165, 1.54) is 0 Å². The van der Waals surface area contributed by atoms with E-state index in [9.17, 15) is 8.42 Å². The molecule has 0 bridgehead atoms. The van der Waals surface area contributed by atoms with Crippen LogP contribution in [-0.2, 0) is 10.0 Å². The van der Waals surface area contributed by atoms with Crippen LogP contribution < -0.4 is 10.5 Å². The Balaban J connectivity index is 3.14. The molecule has 1 aromatic carbocycles. The average Bonchev–Trinajstić information content (AvgIpc) is 2.15. The van der Waals surface area contributed by atoms with Crippen molar-refractivity contribution in [3.8, 4) is 0 Å². The second-order valence-corrected chi connectivity index (χ2v) is 6.54. The maximum Gasteiger partial charge on any atom is 0.243 e. The van der Waals surface area contributed by atoms with Crippen LogP contribution in [0.25, 0.3) is 0 Å². The van der Waals surface area contributed by atoms with Gasteiger partial charge in [0.25, 0.3) is 0 Å².